The Hall–Kier alpha value is -2.45. The Kier molecular flexibility index (Phi) is 4.37. The molecule has 3 heterocycles. The fourth-order valence-corrected chi connectivity index (χ4v) is 4.66. The molecule has 26 heavy (non-hydrogen) atoms. The van der Waals surface area contributed by atoms with Crippen molar-refractivity contribution in [1.82, 2.24) is 24.7 Å². The van der Waals surface area contributed by atoms with Crippen LogP contribution in [0.5, 0.6) is 0 Å². The van der Waals surface area contributed by atoms with Gasteiger partial charge in [0.15, 0.2) is 5.16 Å². The van der Waals surface area contributed by atoms with E-state index in [4.69, 9.17) is 0 Å². The number of benzene rings is 1. The van der Waals surface area contributed by atoms with Crippen molar-refractivity contribution in [2.24, 2.45) is 0 Å². The highest BCUT2D eigenvalue weighted by Gasteiger charge is 2.14. The quantitative estimate of drug-likeness (QED) is 0.543. The summed E-state index contributed by atoms with van der Waals surface area (Å²) >= 11 is 3.06. The number of para-hydroxylation sites is 1. The molecule has 1 N–H and O–H groups in total. The summed E-state index contributed by atoms with van der Waals surface area (Å²) in [6.07, 6.45) is 1.70. The summed E-state index contributed by atoms with van der Waals surface area (Å²) in [6.45, 7) is 6.03. The van der Waals surface area contributed by atoms with E-state index >= 15 is 0 Å². The van der Waals surface area contributed by atoms with Gasteiger partial charge in [0.1, 0.15) is 17.0 Å². The van der Waals surface area contributed by atoms with E-state index in [-0.39, 0.29) is 5.56 Å². The van der Waals surface area contributed by atoms with Gasteiger partial charge in [0, 0.05) is 4.88 Å². The fourth-order valence-electron chi connectivity index (χ4n) is 2.82. The molecule has 132 valence electrons. The number of aryl methyl sites for hydroxylation is 3. The van der Waals surface area contributed by atoms with Gasteiger partial charge in [-0.2, -0.15) is 0 Å². The van der Waals surface area contributed by atoms with Gasteiger partial charge in [0.05, 0.1) is 16.8 Å². The highest BCUT2D eigenvalue weighted by molar-refractivity contribution is 7.98. The van der Waals surface area contributed by atoms with Gasteiger partial charge in [0.25, 0.3) is 5.56 Å². The zero-order valence-electron chi connectivity index (χ0n) is 14.6. The normalized spacial score (nSPS) is 11.3. The molecule has 1 aromatic carbocycles. The van der Waals surface area contributed by atoms with E-state index in [0.29, 0.717) is 17.0 Å². The van der Waals surface area contributed by atoms with Gasteiger partial charge in [0.2, 0.25) is 0 Å². The number of nitrogens with one attached hydrogen (secondary N) is 1. The van der Waals surface area contributed by atoms with Gasteiger partial charge in [-0.25, -0.2) is 4.98 Å². The van der Waals surface area contributed by atoms with Crippen LogP contribution in [-0.4, -0.2) is 24.7 Å². The molecule has 0 aliphatic heterocycles. The van der Waals surface area contributed by atoms with Crippen LogP contribution in [-0.2, 0) is 5.75 Å². The van der Waals surface area contributed by atoms with E-state index < -0.39 is 0 Å². The molecular weight excluding hydrogens is 366 g/mol. The lowest BCUT2D eigenvalue weighted by Crippen LogP contribution is -2.11. The van der Waals surface area contributed by atoms with Crippen LogP contribution >= 0.6 is 23.1 Å². The van der Waals surface area contributed by atoms with E-state index in [1.165, 1.54) is 11.8 Å². The highest BCUT2D eigenvalue weighted by Crippen LogP contribution is 2.27. The van der Waals surface area contributed by atoms with Crippen LogP contribution in [0.4, 0.5) is 0 Å². The topological polar surface area (TPSA) is 76.5 Å². The van der Waals surface area contributed by atoms with Gasteiger partial charge in [-0.1, -0.05) is 30.0 Å². The monoisotopic (exact) mass is 383 g/mol. The molecule has 0 saturated heterocycles. The number of rotatable bonds is 4. The second-order valence-corrected chi connectivity index (χ2v) is 8.18. The number of aromatic amines is 1. The number of thioether (sulfide) groups is 1. The van der Waals surface area contributed by atoms with Crippen LogP contribution in [0, 0.1) is 20.8 Å². The smallest absolute Gasteiger partial charge is 0.259 e. The minimum Gasteiger partial charge on any atom is -0.309 e. The molecule has 0 amide bonds. The Labute approximate surface area is 158 Å². The number of H-pyrrole nitrogens is 1. The molecule has 6 nitrogen and oxygen atoms in total. The number of nitrogens with zero attached hydrogens (tertiary/aromatic N) is 4. The van der Waals surface area contributed by atoms with Gasteiger partial charge < -0.3 is 4.98 Å². The second kappa shape index (κ2) is 6.69. The molecule has 0 spiro atoms. The highest BCUT2D eigenvalue weighted by atomic mass is 32.2. The average molecular weight is 384 g/mol. The molecule has 8 heteroatoms. The average Bonchev–Trinajstić information content (AvgIpc) is 3.18. The lowest BCUT2D eigenvalue weighted by molar-refractivity contribution is 0.875. The lowest BCUT2D eigenvalue weighted by atomic mass is 10.2. The molecule has 0 radical (unpaired) electrons. The van der Waals surface area contributed by atoms with Crippen LogP contribution < -0.4 is 5.56 Å². The van der Waals surface area contributed by atoms with E-state index in [9.17, 15) is 4.79 Å². The summed E-state index contributed by atoms with van der Waals surface area (Å²) in [4.78, 5) is 21.8. The van der Waals surface area contributed by atoms with Crippen molar-refractivity contribution in [2.45, 2.75) is 31.7 Å². The molecule has 0 atom stereocenters. The maximum Gasteiger partial charge on any atom is 0.259 e. The van der Waals surface area contributed by atoms with Crippen LogP contribution in [0.3, 0.4) is 0 Å². The van der Waals surface area contributed by atoms with E-state index in [1.54, 1.807) is 17.7 Å². The summed E-state index contributed by atoms with van der Waals surface area (Å²) in [5.41, 5.74) is 3.12. The van der Waals surface area contributed by atoms with E-state index in [0.717, 1.165) is 31.7 Å². The van der Waals surface area contributed by atoms with Crippen molar-refractivity contribution in [3.05, 3.63) is 62.8 Å². The van der Waals surface area contributed by atoms with Crippen molar-refractivity contribution in [2.75, 3.05) is 0 Å². The third-order valence-corrected chi connectivity index (χ3v) is 6.37. The molecule has 3 aromatic heterocycles. The number of thiophene rings is 1. The molecule has 0 unspecified atom stereocenters. The number of aromatic nitrogens is 5. The number of hydrogen-bond acceptors (Lipinski definition) is 6. The maximum atomic E-state index is 12.4. The number of fused-ring (bicyclic) bond motifs is 1. The van der Waals surface area contributed by atoms with Crippen molar-refractivity contribution in [1.29, 1.82) is 0 Å². The number of hydrogen-bond donors (Lipinski definition) is 1. The van der Waals surface area contributed by atoms with Gasteiger partial charge in [-0.05, 0) is 38.0 Å². The fraction of sp³-hybridized carbons (Fsp3) is 0.222. The summed E-state index contributed by atoms with van der Waals surface area (Å²) in [5.74, 6) is 1.17. The van der Waals surface area contributed by atoms with Crippen LogP contribution in [0.2, 0.25) is 0 Å². The largest absolute Gasteiger partial charge is 0.309 e. The third kappa shape index (κ3) is 2.95. The van der Waals surface area contributed by atoms with Gasteiger partial charge in [-0.15, -0.1) is 21.5 Å². The van der Waals surface area contributed by atoms with E-state index in [2.05, 4.69) is 33.2 Å². The van der Waals surface area contributed by atoms with Crippen molar-refractivity contribution in [3.63, 3.8) is 0 Å². The Morgan fingerprint density at radius 1 is 1.23 bits per heavy atom. The Morgan fingerprint density at radius 3 is 2.85 bits per heavy atom. The SMILES string of the molecule is Cc1ccccc1-n1cnnc1SCc1nc2sc(C)c(C)c2c(=O)[nH]1. The van der Waals surface area contributed by atoms with Gasteiger partial charge >= 0.3 is 0 Å². The molecule has 0 saturated carbocycles. The summed E-state index contributed by atoms with van der Waals surface area (Å²) in [5, 5.41) is 9.71. The van der Waals surface area contributed by atoms with Crippen molar-refractivity contribution < 1.29 is 0 Å². The minimum atomic E-state index is -0.0761. The van der Waals surface area contributed by atoms with Crippen LogP contribution in [0.25, 0.3) is 15.9 Å². The first-order valence-electron chi connectivity index (χ1n) is 8.12. The molecule has 4 aromatic rings. The first-order chi connectivity index (χ1) is 12.5. The Bertz CT molecular complexity index is 1160. The molecule has 0 aliphatic rings. The summed E-state index contributed by atoms with van der Waals surface area (Å²) in [6, 6.07) is 8.08. The predicted octanol–water partition coefficient (Wildman–Crippen LogP) is 3.78. The first kappa shape index (κ1) is 17.0. The molecule has 4 rings (SSSR count). The summed E-state index contributed by atoms with van der Waals surface area (Å²) in [7, 11) is 0. The van der Waals surface area contributed by atoms with E-state index in [1.807, 2.05) is 36.6 Å². The second-order valence-electron chi connectivity index (χ2n) is 6.03. The van der Waals surface area contributed by atoms with Gasteiger partial charge in [-0.3, -0.25) is 9.36 Å². The molecule has 0 fully saturated rings. The maximum absolute atomic E-state index is 12.4. The minimum absolute atomic E-state index is 0.0761. The predicted molar refractivity (Wildman–Crippen MR) is 105 cm³/mol. The van der Waals surface area contributed by atoms with Crippen LogP contribution in [0.15, 0.2) is 40.5 Å². The molecular formula is C18H17N5OS2. The zero-order chi connectivity index (χ0) is 18.3. The molecule has 0 aliphatic carbocycles. The Balaban J connectivity index is 1.63. The third-order valence-electron chi connectivity index (χ3n) is 4.32. The lowest BCUT2D eigenvalue weighted by Gasteiger charge is -2.08. The first-order valence-corrected chi connectivity index (χ1v) is 9.92. The summed E-state index contributed by atoms with van der Waals surface area (Å²) < 4.78 is 1.95. The standard InChI is InChI=1S/C18H17N5OS2/c1-10-6-4-5-7-13(10)23-9-19-22-18(23)25-8-14-20-16(24)15-11(2)12(3)26-17(15)21-14/h4-7,9H,8H2,1-3H3,(H,20,21,24). The van der Waals surface area contributed by atoms with Crippen molar-refractivity contribution >= 4 is 33.3 Å². The Morgan fingerprint density at radius 2 is 2.04 bits per heavy atom. The molecule has 0 bridgehead atoms. The van der Waals surface area contributed by atoms with Crippen molar-refractivity contribution in [3.8, 4) is 5.69 Å². The zero-order valence-corrected chi connectivity index (χ0v) is 16.2. The van der Waals surface area contributed by atoms with Crippen LogP contribution in [0.1, 0.15) is 21.8 Å².